The Bertz CT molecular complexity index is 946. The number of amides is 1. The van der Waals surface area contributed by atoms with Crippen molar-refractivity contribution in [2.75, 3.05) is 37.4 Å². The third kappa shape index (κ3) is 5.39. The lowest BCUT2D eigenvalue weighted by Crippen LogP contribution is -2.25. The first-order valence-electron chi connectivity index (χ1n) is 9.54. The van der Waals surface area contributed by atoms with Crippen LogP contribution in [0.4, 0.5) is 21.6 Å². The lowest BCUT2D eigenvalue weighted by Gasteiger charge is -2.26. The van der Waals surface area contributed by atoms with E-state index in [0.717, 1.165) is 25.2 Å². The number of anilines is 3. The molecule has 0 fully saturated rings. The molecule has 3 aromatic rings. The molecule has 1 heterocycles. The minimum atomic E-state index is -0.554. The summed E-state index contributed by atoms with van der Waals surface area (Å²) in [4.78, 5) is 21.4. The summed E-state index contributed by atoms with van der Waals surface area (Å²) in [6.07, 6.45) is 2.61. The normalized spacial score (nSPS) is 10.8. The van der Waals surface area contributed by atoms with E-state index >= 15 is 0 Å². The van der Waals surface area contributed by atoms with Crippen molar-refractivity contribution < 1.29 is 9.18 Å². The van der Waals surface area contributed by atoms with Gasteiger partial charge in [-0.2, -0.15) is 0 Å². The summed E-state index contributed by atoms with van der Waals surface area (Å²) in [5.41, 5.74) is 1.52. The highest BCUT2D eigenvalue weighted by molar-refractivity contribution is 6.06. The van der Waals surface area contributed by atoms with E-state index in [1.54, 1.807) is 30.5 Å². The minimum absolute atomic E-state index is 0.00109. The topological polar surface area (TPSA) is 48.5 Å². The molecule has 1 N–H and O–H groups in total. The van der Waals surface area contributed by atoms with Crippen LogP contribution in [0.5, 0.6) is 0 Å². The molecule has 0 aliphatic heterocycles. The fourth-order valence-corrected chi connectivity index (χ4v) is 3.05. The molecule has 2 aromatic carbocycles. The number of nitrogens with zero attached hydrogens (tertiary/aromatic N) is 3. The number of benzene rings is 2. The van der Waals surface area contributed by atoms with Gasteiger partial charge in [-0.1, -0.05) is 30.3 Å². The molecule has 0 bridgehead atoms. The third-order valence-electron chi connectivity index (χ3n) is 4.46. The molecule has 5 nitrogen and oxygen atoms in total. The predicted molar refractivity (Wildman–Crippen MR) is 115 cm³/mol. The Morgan fingerprint density at radius 2 is 1.69 bits per heavy atom. The Labute approximate surface area is 170 Å². The van der Waals surface area contributed by atoms with Crippen LogP contribution in [0.15, 0.2) is 72.9 Å². The van der Waals surface area contributed by atoms with Crippen LogP contribution >= 0.6 is 0 Å². The van der Waals surface area contributed by atoms with Crippen LogP contribution in [0, 0.1) is 5.82 Å². The lowest BCUT2D eigenvalue weighted by atomic mass is 10.2. The maximum absolute atomic E-state index is 14.0. The van der Waals surface area contributed by atoms with Gasteiger partial charge in [0.1, 0.15) is 5.82 Å². The largest absolute Gasteiger partial charge is 0.325 e. The molecule has 0 aliphatic carbocycles. The number of hydrogen-bond acceptors (Lipinski definition) is 4. The molecular weight excluding hydrogens is 367 g/mol. The third-order valence-corrected chi connectivity index (χ3v) is 4.46. The highest BCUT2D eigenvalue weighted by Crippen LogP contribution is 2.30. The first-order chi connectivity index (χ1) is 14.1. The van der Waals surface area contributed by atoms with Crippen molar-refractivity contribution in [3.8, 4) is 0 Å². The van der Waals surface area contributed by atoms with Gasteiger partial charge in [0.25, 0.3) is 5.91 Å². The zero-order chi connectivity index (χ0) is 20.6. The van der Waals surface area contributed by atoms with Gasteiger partial charge in [0.05, 0.1) is 11.3 Å². The van der Waals surface area contributed by atoms with Gasteiger partial charge in [-0.15, -0.1) is 0 Å². The van der Waals surface area contributed by atoms with Gasteiger partial charge in [-0.05, 0) is 63.5 Å². The second-order valence-corrected chi connectivity index (χ2v) is 6.95. The van der Waals surface area contributed by atoms with Gasteiger partial charge in [0.2, 0.25) is 0 Å². The second kappa shape index (κ2) is 9.80. The molecule has 0 saturated carbocycles. The summed E-state index contributed by atoms with van der Waals surface area (Å²) in [5.74, 6) is -0.429. The Kier molecular flexibility index (Phi) is 6.92. The van der Waals surface area contributed by atoms with Crippen LogP contribution in [0.2, 0.25) is 0 Å². The zero-order valence-corrected chi connectivity index (χ0v) is 16.7. The monoisotopic (exact) mass is 392 g/mol. The summed E-state index contributed by atoms with van der Waals surface area (Å²) in [7, 11) is 4.07. The fraction of sp³-hybridized carbons (Fsp3) is 0.217. The van der Waals surface area contributed by atoms with Crippen molar-refractivity contribution in [3.63, 3.8) is 0 Å². The van der Waals surface area contributed by atoms with Crippen LogP contribution in [0.1, 0.15) is 16.8 Å². The molecule has 1 amide bonds. The molecule has 3 rings (SSSR count). The van der Waals surface area contributed by atoms with E-state index in [4.69, 9.17) is 0 Å². The van der Waals surface area contributed by atoms with Gasteiger partial charge < -0.3 is 15.1 Å². The number of hydrogen-bond donors (Lipinski definition) is 1. The van der Waals surface area contributed by atoms with E-state index < -0.39 is 11.7 Å². The van der Waals surface area contributed by atoms with Gasteiger partial charge in [-0.3, -0.25) is 4.79 Å². The molecule has 0 saturated heterocycles. The Hall–Kier alpha value is -3.25. The number of pyridine rings is 1. The van der Waals surface area contributed by atoms with Gasteiger partial charge in [0.15, 0.2) is 5.82 Å². The average Bonchev–Trinajstić information content (AvgIpc) is 2.72. The van der Waals surface area contributed by atoms with Gasteiger partial charge in [-0.25, -0.2) is 9.37 Å². The number of rotatable bonds is 8. The first-order valence-corrected chi connectivity index (χ1v) is 9.54. The van der Waals surface area contributed by atoms with Crippen molar-refractivity contribution >= 4 is 23.1 Å². The van der Waals surface area contributed by atoms with Crippen LogP contribution in [0.25, 0.3) is 0 Å². The molecule has 0 aliphatic rings. The van der Waals surface area contributed by atoms with E-state index in [1.165, 1.54) is 12.1 Å². The van der Waals surface area contributed by atoms with E-state index in [2.05, 4.69) is 20.1 Å². The van der Waals surface area contributed by atoms with E-state index in [-0.39, 0.29) is 5.56 Å². The van der Waals surface area contributed by atoms with Crippen molar-refractivity contribution in [1.82, 2.24) is 9.88 Å². The quantitative estimate of drug-likeness (QED) is 0.610. The smallest absolute Gasteiger partial charge is 0.258 e. The van der Waals surface area contributed by atoms with Crippen LogP contribution in [0.3, 0.4) is 0 Å². The van der Waals surface area contributed by atoms with E-state index in [0.29, 0.717) is 11.5 Å². The first kappa shape index (κ1) is 20.5. The Morgan fingerprint density at radius 1 is 0.966 bits per heavy atom. The second-order valence-electron chi connectivity index (χ2n) is 6.95. The van der Waals surface area contributed by atoms with Crippen LogP contribution < -0.4 is 10.2 Å². The molecule has 150 valence electrons. The van der Waals surface area contributed by atoms with Crippen molar-refractivity contribution in [1.29, 1.82) is 0 Å². The van der Waals surface area contributed by atoms with Crippen molar-refractivity contribution in [3.05, 3.63) is 84.3 Å². The van der Waals surface area contributed by atoms with Crippen LogP contribution in [-0.2, 0) is 0 Å². The van der Waals surface area contributed by atoms with E-state index in [9.17, 15) is 9.18 Å². The Balaban J connectivity index is 1.90. The Morgan fingerprint density at radius 3 is 2.41 bits per heavy atom. The van der Waals surface area contributed by atoms with Gasteiger partial charge >= 0.3 is 0 Å². The molecule has 0 atom stereocenters. The maximum atomic E-state index is 14.0. The molecule has 6 heteroatoms. The molecule has 0 spiro atoms. The molecule has 29 heavy (non-hydrogen) atoms. The number of para-hydroxylation sites is 1. The van der Waals surface area contributed by atoms with Crippen LogP contribution in [-0.4, -0.2) is 43.0 Å². The molecular formula is C23H25FN4O. The SMILES string of the molecule is CN(C)CCCN(c1ccccc1)c1ncccc1NC(=O)c1ccccc1F. The number of halogens is 1. The molecule has 1 aromatic heterocycles. The van der Waals surface area contributed by atoms with Crippen molar-refractivity contribution in [2.45, 2.75) is 6.42 Å². The number of aromatic nitrogens is 1. The lowest BCUT2D eigenvalue weighted by molar-refractivity contribution is 0.102. The molecule has 0 radical (unpaired) electrons. The van der Waals surface area contributed by atoms with Gasteiger partial charge in [0, 0.05) is 18.4 Å². The summed E-state index contributed by atoms with van der Waals surface area (Å²) in [6, 6.07) is 19.4. The highest BCUT2D eigenvalue weighted by Gasteiger charge is 2.18. The number of carbonyl (C=O) groups is 1. The maximum Gasteiger partial charge on any atom is 0.258 e. The fourth-order valence-electron chi connectivity index (χ4n) is 3.05. The predicted octanol–water partition coefficient (Wildman–Crippen LogP) is 4.56. The zero-order valence-electron chi connectivity index (χ0n) is 16.7. The number of nitrogens with one attached hydrogen (secondary N) is 1. The minimum Gasteiger partial charge on any atom is -0.325 e. The summed E-state index contributed by atoms with van der Waals surface area (Å²) >= 11 is 0. The standard InChI is InChI=1S/C23H25FN4O/c1-27(2)16-9-17-28(18-10-4-3-5-11-18)22-21(14-8-15-25-22)26-23(29)19-12-6-7-13-20(19)24/h3-8,10-15H,9,16-17H2,1-2H3,(H,26,29). The van der Waals surface area contributed by atoms with Crippen molar-refractivity contribution in [2.24, 2.45) is 0 Å². The summed E-state index contributed by atoms with van der Waals surface area (Å²) in [6.45, 7) is 1.65. The van der Waals surface area contributed by atoms with E-state index in [1.807, 2.05) is 44.4 Å². The summed E-state index contributed by atoms with van der Waals surface area (Å²) < 4.78 is 14.0. The average molecular weight is 392 g/mol. The number of carbonyl (C=O) groups excluding carboxylic acids is 1. The molecule has 0 unspecified atom stereocenters. The summed E-state index contributed by atoms with van der Waals surface area (Å²) in [5, 5.41) is 2.82. The highest BCUT2D eigenvalue weighted by atomic mass is 19.1.